The summed E-state index contributed by atoms with van der Waals surface area (Å²) < 4.78 is 2.58. The van der Waals surface area contributed by atoms with Crippen LogP contribution in [0.25, 0.3) is 10.1 Å². The van der Waals surface area contributed by atoms with Crippen molar-refractivity contribution in [2.45, 2.75) is 11.8 Å². The first-order valence-corrected chi connectivity index (χ1v) is 6.79. The predicted octanol–water partition coefficient (Wildman–Crippen LogP) is 4.69. The minimum absolute atomic E-state index is 1.21. The van der Waals surface area contributed by atoms with Crippen molar-refractivity contribution in [3.63, 3.8) is 0 Å². The molecule has 0 nitrogen and oxygen atoms in total. The first-order valence-electron chi connectivity index (χ1n) is 3.95. The standard InChI is InChI=1S/C10H9BrS2/c1-6-10(12-2)9-7(11)4-3-5-8(9)13-6/h3-5H,1-2H3. The molecular weight excluding hydrogens is 264 g/mol. The predicted molar refractivity (Wildman–Crippen MR) is 66.0 cm³/mol. The Labute approximate surface area is 94.5 Å². The Morgan fingerprint density at radius 2 is 2.15 bits per heavy atom. The number of thioether (sulfide) groups is 1. The normalized spacial score (nSPS) is 11.0. The number of aryl methyl sites for hydroxylation is 1. The van der Waals surface area contributed by atoms with E-state index in [1.54, 1.807) is 0 Å². The molecule has 0 bridgehead atoms. The molecule has 1 aromatic heterocycles. The van der Waals surface area contributed by atoms with Crippen LogP contribution in [0.4, 0.5) is 0 Å². The van der Waals surface area contributed by atoms with Crippen molar-refractivity contribution in [3.8, 4) is 0 Å². The average molecular weight is 273 g/mol. The molecule has 0 aliphatic rings. The van der Waals surface area contributed by atoms with Gasteiger partial charge in [0.15, 0.2) is 0 Å². The highest BCUT2D eigenvalue weighted by Gasteiger charge is 2.09. The molecule has 0 aliphatic carbocycles. The first-order chi connectivity index (χ1) is 6.24. The maximum Gasteiger partial charge on any atom is 0.0368 e. The molecule has 0 spiro atoms. The number of thiophene rings is 1. The molecule has 68 valence electrons. The number of hydrogen-bond donors (Lipinski definition) is 0. The van der Waals surface area contributed by atoms with Gasteiger partial charge in [0.2, 0.25) is 0 Å². The molecule has 1 aromatic carbocycles. The van der Waals surface area contributed by atoms with Crippen LogP contribution in [0, 0.1) is 6.92 Å². The van der Waals surface area contributed by atoms with Gasteiger partial charge < -0.3 is 0 Å². The highest BCUT2D eigenvalue weighted by molar-refractivity contribution is 9.10. The molecule has 0 aliphatic heterocycles. The smallest absolute Gasteiger partial charge is 0.0368 e. The van der Waals surface area contributed by atoms with E-state index in [0.29, 0.717) is 0 Å². The van der Waals surface area contributed by atoms with Crippen LogP contribution in [0.15, 0.2) is 27.6 Å². The van der Waals surface area contributed by atoms with Crippen LogP contribution in [0.2, 0.25) is 0 Å². The van der Waals surface area contributed by atoms with Gasteiger partial charge in [-0.1, -0.05) is 22.0 Å². The zero-order valence-corrected chi connectivity index (χ0v) is 10.6. The van der Waals surface area contributed by atoms with Crippen molar-refractivity contribution in [1.29, 1.82) is 0 Å². The van der Waals surface area contributed by atoms with Gasteiger partial charge >= 0.3 is 0 Å². The lowest BCUT2D eigenvalue weighted by Crippen LogP contribution is -1.71. The Morgan fingerprint density at radius 3 is 2.85 bits per heavy atom. The molecule has 0 amide bonds. The van der Waals surface area contributed by atoms with Gasteiger partial charge in [-0.15, -0.1) is 23.1 Å². The Morgan fingerprint density at radius 1 is 1.38 bits per heavy atom. The lowest BCUT2D eigenvalue weighted by Gasteiger charge is -1.97. The van der Waals surface area contributed by atoms with Gasteiger partial charge in [0.25, 0.3) is 0 Å². The minimum atomic E-state index is 1.21. The van der Waals surface area contributed by atoms with Crippen molar-refractivity contribution in [1.82, 2.24) is 0 Å². The summed E-state index contributed by atoms with van der Waals surface area (Å²) in [5.41, 5.74) is 0. The molecule has 3 heteroatoms. The molecule has 0 radical (unpaired) electrons. The number of benzene rings is 1. The van der Waals surface area contributed by atoms with E-state index in [0.717, 1.165) is 0 Å². The zero-order valence-electron chi connectivity index (χ0n) is 7.43. The summed E-state index contributed by atoms with van der Waals surface area (Å²) in [6, 6.07) is 6.37. The molecule has 13 heavy (non-hydrogen) atoms. The van der Waals surface area contributed by atoms with E-state index in [1.807, 2.05) is 23.1 Å². The van der Waals surface area contributed by atoms with Crippen molar-refractivity contribution in [3.05, 3.63) is 27.5 Å². The van der Waals surface area contributed by atoms with Crippen LogP contribution in [0.1, 0.15) is 4.88 Å². The van der Waals surface area contributed by atoms with Crippen molar-refractivity contribution in [2.24, 2.45) is 0 Å². The third-order valence-electron chi connectivity index (χ3n) is 1.99. The number of rotatable bonds is 1. The Hall–Kier alpha value is 0.01000. The summed E-state index contributed by atoms with van der Waals surface area (Å²) in [5.74, 6) is 0. The molecule has 1 heterocycles. The summed E-state index contributed by atoms with van der Waals surface area (Å²) in [6.45, 7) is 2.18. The topological polar surface area (TPSA) is 0 Å². The van der Waals surface area contributed by atoms with Gasteiger partial charge in [-0.3, -0.25) is 0 Å². The molecule has 0 fully saturated rings. The molecular formula is C10H9BrS2. The minimum Gasteiger partial charge on any atom is -0.139 e. The molecule has 0 saturated heterocycles. The van der Waals surface area contributed by atoms with Crippen molar-refractivity contribution >= 4 is 49.1 Å². The second-order valence-electron chi connectivity index (χ2n) is 2.80. The van der Waals surface area contributed by atoms with Crippen molar-refractivity contribution < 1.29 is 0 Å². The van der Waals surface area contributed by atoms with Gasteiger partial charge in [-0.05, 0) is 25.3 Å². The largest absolute Gasteiger partial charge is 0.139 e. The van der Waals surface area contributed by atoms with Gasteiger partial charge in [0.1, 0.15) is 0 Å². The van der Waals surface area contributed by atoms with E-state index in [4.69, 9.17) is 0 Å². The van der Waals surface area contributed by atoms with E-state index in [2.05, 4.69) is 47.3 Å². The third kappa shape index (κ3) is 1.53. The van der Waals surface area contributed by atoms with Crippen LogP contribution in [-0.2, 0) is 0 Å². The Balaban J connectivity index is 2.88. The van der Waals surface area contributed by atoms with Gasteiger partial charge in [-0.25, -0.2) is 0 Å². The maximum atomic E-state index is 3.60. The fourth-order valence-electron chi connectivity index (χ4n) is 1.44. The monoisotopic (exact) mass is 272 g/mol. The van der Waals surface area contributed by atoms with Gasteiger partial charge in [-0.2, -0.15) is 0 Å². The van der Waals surface area contributed by atoms with Crippen LogP contribution >= 0.6 is 39.0 Å². The lowest BCUT2D eigenvalue weighted by atomic mass is 10.2. The fourth-order valence-corrected chi connectivity index (χ4v) is 4.41. The Kier molecular flexibility index (Phi) is 2.67. The summed E-state index contributed by atoms with van der Waals surface area (Å²) in [6.07, 6.45) is 2.13. The van der Waals surface area contributed by atoms with E-state index < -0.39 is 0 Å². The van der Waals surface area contributed by atoms with Crippen LogP contribution in [0.3, 0.4) is 0 Å². The summed E-state index contributed by atoms with van der Waals surface area (Å²) in [5, 5.41) is 1.37. The van der Waals surface area contributed by atoms with Gasteiger partial charge in [0, 0.05) is 24.3 Å². The van der Waals surface area contributed by atoms with Crippen LogP contribution in [-0.4, -0.2) is 6.26 Å². The number of halogens is 1. The van der Waals surface area contributed by atoms with Crippen LogP contribution in [0.5, 0.6) is 0 Å². The summed E-state index contributed by atoms with van der Waals surface area (Å²) in [4.78, 5) is 2.82. The van der Waals surface area contributed by atoms with E-state index in [9.17, 15) is 0 Å². The molecule has 2 aromatic rings. The third-order valence-corrected chi connectivity index (χ3v) is 4.77. The van der Waals surface area contributed by atoms with E-state index in [1.165, 1.54) is 24.3 Å². The SMILES string of the molecule is CSc1c(C)sc2cccc(Br)c12. The summed E-state index contributed by atoms with van der Waals surface area (Å²) in [7, 11) is 0. The van der Waals surface area contributed by atoms with Gasteiger partial charge in [0.05, 0.1) is 0 Å². The maximum absolute atomic E-state index is 3.60. The summed E-state index contributed by atoms with van der Waals surface area (Å²) >= 11 is 7.29. The zero-order chi connectivity index (χ0) is 9.42. The lowest BCUT2D eigenvalue weighted by molar-refractivity contribution is 1.46. The van der Waals surface area contributed by atoms with Crippen LogP contribution < -0.4 is 0 Å². The quantitative estimate of drug-likeness (QED) is 0.679. The second-order valence-corrected chi connectivity index (χ2v) is 5.73. The highest BCUT2D eigenvalue weighted by atomic mass is 79.9. The molecule has 0 saturated carbocycles. The molecule has 0 N–H and O–H groups in total. The average Bonchev–Trinajstić information content (AvgIpc) is 2.42. The highest BCUT2D eigenvalue weighted by Crippen LogP contribution is 2.40. The molecule has 0 unspecified atom stereocenters. The second kappa shape index (κ2) is 3.64. The molecule has 0 atom stereocenters. The molecule has 2 rings (SSSR count). The number of hydrogen-bond acceptors (Lipinski definition) is 2. The Bertz CT molecular complexity index is 445. The van der Waals surface area contributed by atoms with E-state index in [-0.39, 0.29) is 0 Å². The fraction of sp³-hybridized carbons (Fsp3) is 0.200. The van der Waals surface area contributed by atoms with E-state index >= 15 is 0 Å². The van der Waals surface area contributed by atoms with Crippen molar-refractivity contribution in [2.75, 3.05) is 6.26 Å². The number of fused-ring (bicyclic) bond motifs is 1. The first kappa shape index (κ1) is 9.56.